The summed E-state index contributed by atoms with van der Waals surface area (Å²) in [6.45, 7) is 3.90. The van der Waals surface area contributed by atoms with E-state index in [9.17, 15) is 13.2 Å². The van der Waals surface area contributed by atoms with Crippen LogP contribution in [0.15, 0.2) is 64.2 Å². The van der Waals surface area contributed by atoms with Gasteiger partial charge in [0.05, 0.1) is 5.69 Å². The van der Waals surface area contributed by atoms with Crippen molar-refractivity contribution in [3.05, 3.63) is 76.7 Å². The van der Waals surface area contributed by atoms with E-state index in [4.69, 9.17) is 0 Å². The smallest absolute Gasteiger partial charge is 0.273 e. The molecule has 0 radical (unpaired) electrons. The van der Waals surface area contributed by atoms with Crippen LogP contribution in [0.3, 0.4) is 0 Å². The molecule has 0 saturated carbocycles. The van der Waals surface area contributed by atoms with Crippen LogP contribution >= 0.6 is 11.3 Å². The molecule has 0 aliphatic heterocycles. The number of sulfonamides is 1. The number of rotatable bonds is 5. The molecule has 5 nitrogen and oxygen atoms in total. The highest BCUT2D eigenvalue weighted by atomic mass is 32.2. The molecule has 3 aromatic rings. The first-order valence-electron chi connectivity index (χ1n) is 8.30. The summed E-state index contributed by atoms with van der Waals surface area (Å²) < 4.78 is 26.7. The molecule has 1 N–H and O–H groups in total. The number of amides is 1. The summed E-state index contributed by atoms with van der Waals surface area (Å²) in [4.78, 5) is 12.5. The first-order chi connectivity index (χ1) is 12.8. The molecular formula is C20H20N2O3S2. The third-order valence-electron chi connectivity index (χ3n) is 4.24. The van der Waals surface area contributed by atoms with Gasteiger partial charge in [0.2, 0.25) is 0 Å². The SMILES string of the molecule is Cc1ccc(C)c(NC(=O)c2ccc(N(C)S(=O)(=O)c3cccs3)cc2)c1. The van der Waals surface area contributed by atoms with Gasteiger partial charge in [0.15, 0.2) is 0 Å². The lowest BCUT2D eigenvalue weighted by Gasteiger charge is -2.18. The monoisotopic (exact) mass is 400 g/mol. The van der Waals surface area contributed by atoms with Gasteiger partial charge < -0.3 is 5.32 Å². The van der Waals surface area contributed by atoms with Crippen molar-refractivity contribution in [3.8, 4) is 0 Å². The van der Waals surface area contributed by atoms with E-state index in [0.717, 1.165) is 16.8 Å². The fourth-order valence-corrected chi connectivity index (χ4v) is 4.93. The van der Waals surface area contributed by atoms with Gasteiger partial charge >= 0.3 is 0 Å². The number of benzene rings is 2. The quantitative estimate of drug-likeness (QED) is 0.688. The molecule has 0 aliphatic carbocycles. The van der Waals surface area contributed by atoms with Gasteiger partial charge in [0.1, 0.15) is 4.21 Å². The largest absolute Gasteiger partial charge is 0.322 e. The standard InChI is InChI=1S/C20H20N2O3S2/c1-14-6-7-15(2)18(13-14)21-20(23)16-8-10-17(11-9-16)22(3)27(24,25)19-5-4-12-26-19/h4-13H,1-3H3,(H,21,23). The zero-order valence-corrected chi connectivity index (χ0v) is 16.9. The molecule has 140 valence electrons. The normalized spacial score (nSPS) is 11.2. The van der Waals surface area contributed by atoms with E-state index in [1.807, 2.05) is 32.0 Å². The number of carbonyl (C=O) groups is 1. The molecule has 3 rings (SSSR count). The van der Waals surface area contributed by atoms with E-state index >= 15 is 0 Å². The maximum atomic E-state index is 12.6. The zero-order valence-electron chi connectivity index (χ0n) is 15.3. The van der Waals surface area contributed by atoms with Gasteiger partial charge in [0.25, 0.3) is 15.9 Å². The average molecular weight is 401 g/mol. The van der Waals surface area contributed by atoms with Crippen LogP contribution in [0.5, 0.6) is 0 Å². The molecule has 27 heavy (non-hydrogen) atoms. The number of nitrogens with zero attached hydrogens (tertiary/aromatic N) is 1. The van der Waals surface area contributed by atoms with Gasteiger partial charge in [0, 0.05) is 18.3 Å². The Balaban J connectivity index is 1.79. The minimum absolute atomic E-state index is 0.237. The summed E-state index contributed by atoms with van der Waals surface area (Å²) >= 11 is 1.17. The second-order valence-corrected chi connectivity index (χ2v) is 9.37. The van der Waals surface area contributed by atoms with E-state index in [1.54, 1.807) is 41.8 Å². The average Bonchev–Trinajstić information content (AvgIpc) is 3.20. The van der Waals surface area contributed by atoms with E-state index in [1.165, 1.54) is 22.7 Å². The lowest BCUT2D eigenvalue weighted by molar-refractivity contribution is 0.102. The van der Waals surface area contributed by atoms with Crippen molar-refractivity contribution in [2.45, 2.75) is 18.1 Å². The number of hydrogen-bond acceptors (Lipinski definition) is 4. The summed E-state index contributed by atoms with van der Waals surface area (Å²) in [5, 5.41) is 4.62. The Hall–Kier alpha value is -2.64. The van der Waals surface area contributed by atoms with Crippen LogP contribution in [0.4, 0.5) is 11.4 Å². The molecule has 1 aromatic heterocycles. The van der Waals surface area contributed by atoms with Crippen molar-refractivity contribution in [2.75, 3.05) is 16.7 Å². The van der Waals surface area contributed by atoms with Crippen LogP contribution in [-0.2, 0) is 10.0 Å². The van der Waals surface area contributed by atoms with Crippen LogP contribution in [0.1, 0.15) is 21.5 Å². The van der Waals surface area contributed by atoms with Gasteiger partial charge in [-0.15, -0.1) is 11.3 Å². The highest BCUT2D eigenvalue weighted by Gasteiger charge is 2.22. The molecule has 7 heteroatoms. The minimum atomic E-state index is -3.59. The fourth-order valence-electron chi connectivity index (χ4n) is 2.57. The van der Waals surface area contributed by atoms with E-state index < -0.39 is 10.0 Å². The molecule has 2 aromatic carbocycles. The van der Waals surface area contributed by atoms with Crippen molar-refractivity contribution < 1.29 is 13.2 Å². The van der Waals surface area contributed by atoms with Crippen molar-refractivity contribution >= 4 is 38.6 Å². The second kappa shape index (κ2) is 7.54. The highest BCUT2D eigenvalue weighted by molar-refractivity contribution is 7.94. The lowest BCUT2D eigenvalue weighted by atomic mass is 10.1. The van der Waals surface area contributed by atoms with E-state index in [2.05, 4.69) is 5.32 Å². The van der Waals surface area contributed by atoms with Gasteiger partial charge in [-0.2, -0.15) is 0 Å². The van der Waals surface area contributed by atoms with Gasteiger partial charge in [-0.3, -0.25) is 9.10 Å². The van der Waals surface area contributed by atoms with Crippen LogP contribution < -0.4 is 9.62 Å². The third-order valence-corrected chi connectivity index (χ3v) is 7.40. The third kappa shape index (κ3) is 4.04. The molecule has 0 unspecified atom stereocenters. The van der Waals surface area contributed by atoms with Crippen molar-refractivity contribution in [3.63, 3.8) is 0 Å². The van der Waals surface area contributed by atoms with Gasteiger partial charge in [-0.1, -0.05) is 18.2 Å². The minimum Gasteiger partial charge on any atom is -0.322 e. The van der Waals surface area contributed by atoms with E-state index in [0.29, 0.717) is 11.3 Å². The summed E-state index contributed by atoms with van der Waals surface area (Å²) in [6.07, 6.45) is 0. The molecule has 0 saturated heterocycles. The van der Waals surface area contributed by atoms with Crippen LogP contribution in [0.25, 0.3) is 0 Å². The second-order valence-electron chi connectivity index (χ2n) is 6.22. The Morgan fingerprint density at radius 3 is 2.37 bits per heavy atom. The molecule has 0 spiro atoms. The predicted octanol–water partition coefficient (Wildman–Crippen LogP) is 4.44. The first kappa shape index (κ1) is 19.1. The summed E-state index contributed by atoms with van der Waals surface area (Å²) in [7, 11) is -2.09. The number of carbonyl (C=O) groups excluding carboxylic acids is 1. The Bertz CT molecular complexity index is 1060. The molecule has 1 heterocycles. The van der Waals surface area contributed by atoms with Crippen LogP contribution in [0.2, 0.25) is 0 Å². The van der Waals surface area contributed by atoms with Gasteiger partial charge in [-0.25, -0.2) is 8.42 Å². The topological polar surface area (TPSA) is 66.5 Å². The van der Waals surface area contributed by atoms with Crippen LogP contribution in [0, 0.1) is 13.8 Å². The van der Waals surface area contributed by atoms with Crippen molar-refractivity contribution in [2.24, 2.45) is 0 Å². The Morgan fingerprint density at radius 1 is 1.04 bits per heavy atom. The van der Waals surface area contributed by atoms with Gasteiger partial charge in [-0.05, 0) is 66.8 Å². The van der Waals surface area contributed by atoms with Crippen molar-refractivity contribution in [1.29, 1.82) is 0 Å². The maximum absolute atomic E-state index is 12.6. The number of nitrogens with one attached hydrogen (secondary N) is 1. The Morgan fingerprint density at radius 2 is 1.74 bits per heavy atom. The predicted molar refractivity (Wildman–Crippen MR) is 110 cm³/mol. The Kier molecular flexibility index (Phi) is 5.34. The molecule has 0 atom stereocenters. The Labute approximate surface area is 163 Å². The summed E-state index contributed by atoms with van der Waals surface area (Å²) in [6, 6.07) is 15.6. The number of anilines is 2. The zero-order chi connectivity index (χ0) is 19.6. The number of thiophene rings is 1. The summed E-state index contributed by atoms with van der Waals surface area (Å²) in [5.74, 6) is -0.237. The summed E-state index contributed by atoms with van der Waals surface area (Å²) in [5.41, 5.74) is 3.76. The number of aryl methyl sites for hydroxylation is 2. The fraction of sp³-hybridized carbons (Fsp3) is 0.150. The molecule has 0 aliphatic rings. The highest BCUT2D eigenvalue weighted by Crippen LogP contribution is 2.25. The van der Waals surface area contributed by atoms with Crippen LogP contribution in [-0.4, -0.2) is 21.4 Å². The first-order valence-corrected chi connectivity index (χ1v) is 10.6. The van der Waals surface area contributed by atoms with E-state index in [-0.39, 0.29) is 10.1 Å². The molecular weight excluding hydrogens is 380 g/mol. The van der Waals surface area contributed by atoms with Crippen molar-refractivity contribution in [1.82, 2.24) is 0 Å². The molecule has 0 fully saturated rings. The molecule has 0 bridgehead atoms. The maximum Gasteiger partial charge on any atom is 0.273 e. The number of hydrogen-bond donors (Lipinski definition) is 1. The lowest BCUT2D eigenvalue weighted by Crippen LogP contribution is -2.25. The molecule has 1 amide bonds.